The summed E-state index contributed by atoms with van der Waals surface area (Å²) in [6.45, 7) is 1.82. The number of anilines is 1. The summed E-state index contributed by atoms with van der Waals surface area (Å²) in [5, 5.41) is 6.47. The molecule has 0 aromatic carbocycles. The molecule has 0 bridgehead atoms. The van der Waals surface area contributed by atoms with Crippen molar-refractivity contribution in [2.75, 3.05) is 5.32 Å². The molecule has 2 rings (SSSR count). The molecular weight excluding hydrogens is 218 g/mol. The Morgan fingerprint density at radius 1 is 1.47 bits per heavy atom. The highest BCUT2D eigenvalue weighted by molar-refractivity contribution is 5.91. The molecule has 0 radical (unpaired) electrons. The Kier molecular flexibility index (Phi) is 3.78. The van der Waals surface area contributed by atoms with Gasteiger partial charge in [-0.2, -0.15) is 0 Å². The van der Waals surface area contributed by atoms with Crippen LogP contribution in [0.1, 0.15) is 37.8 Å². The van der Waals surface area contributed by atoms with Crippen LogP contribution in [0.2, 0.25) is 0 Å². The summed E-state index contributed by atoms with van der Waals surface area (Å²) in [5.74, 6) is 0.252. The number of rotatable bonds is 2. The minimum Gasteiger partial charge on any atom is -0.338 e. The van der Waals surface area contributed by atoms with Gasteiger partial charge in [0.05, 0.1) is 11.6 Å². The SMILES string of the molecule is Cc1cc(NC(=O)C2CCCCCC2N)on1. The Morgan fingerprint density at radius 2 is 2.24 bits per heavy atom. The molecule has 1 heterocycles. The minimum absolute atomic E-state index is 0.0403. The van der Waals surface area contributed by atoms with Crippen LogP contribution in [-0.4, -0.2) is 17.1 Å². The van der Waals surface area contributed by atoms with Gasteiger partial charge in [0.15, 0.2) is 0 Å². The molecule has 1 saturated carbocycles. The maximum atomic E-state index is 12.1. The molecule has 1 aromatic rings. The van der Waals surface area contributed by atoms with Gasteiger partial charge in [-0.3, -0.25) is 10.1 Å². The van der Waals surface area contributed by atoms with E-state index in [1.807, 2.05) is 6.92 Å². The molecule has 1 aliphatic rings. The molecule has 2 atom stereocenters. The predicted octanol–water partition coefficient (Wildman–Crippen LogP) is 1.83. The fraction of sp³-hybridized carbons (Fsp3) is 0.667. The Bertz CT molecular complexity index is 389. The number of carbonyl (C=O) groups excluding carboxylic acids is 1. The molecule has 1 aromatic heterocycles. The van der Waals surface area contributed by atoms with E-state index in [1.54, 1.807) is 6.07 Å². The highest BCUT2D eigenvalue weighted by Crippen LogP contribution is 2.23. The molecule has 0 saturated heterocycles. The first-order valence-electron chi connectivity index (χ1n) is 6.16. The molecule has 5 nitrogen and oxygen atoms in total. The van der Waals surface area contributed by atoms with Crippen LogP contribution in [0.15, 0.2) is 10.6 Å². The van der Waals surface area contributed by atoms with Crippen molar-refractivity contribution in [3.8, 4) is 0 Å². The van der Waals surface area contributed by atoms with E-state index < -0.39 is 0 Å². The molecule has 1 fully saturated rings. The Morgan fingerprint density at radius 3 is 2.94 bits per heavy atom. The van der Waals surface area contributed by atoms with Crippen molar-refractivity contribution in [2.45, 2.75) is 45.1 Å². The first kappa shape index (κ1) is 12.1. The molecule has 5 heteroatoms. The topological polar surface area (TPSA) is 81.2 Å². The minimum atomic E-state index is -0.108. The second-order valence-corrected chi connectivity index (χ2v) is 4.73. The van der Waals surface area contributed by atoms with Crippen LogP contribution < -0.4 is 11.1 Å². The van der Waals surface area contributed by atoms with E-state index in [0.29, 0.717) is 5.88 Å². The van der Waals surface area contributed by atoms with Crippen LogP contribution in [0, 0.1) is 12.8 Å². The van der Waals surface area contributed by atoms with Gasteiger partial charge in [0.2, 0.25) is 11.8 Å². The number of aryl methyl sites for hydroxylation is 1. The molecule has 1 aliphatic carbocycles. The van der Waals surface area contributed by atoms with Crippen LogP contribution in [0.3, 0.4) is 0 Å². The second kappa shape index (κ2) is 5.31. The van der Waals surface area contributed by atoms with Crippen molar-refractivity contribution in [2.24, 2.45) is 11.7 Å². The van der Waals surface area contributed by atoms with Gasteiger partial charge in [0, 0.05) is 12.1 Å². The van der Waals surface area contributed by atoms with Gasteiger partial charge < -0.3 is 10.3 Å². The lowest BCUT2D eigenvalue weighted by Crippen LogP contribution is -2.37. The average molecular weight is 237 g/mol. The molecule has 2 unspecified atom stereocenters. The van der Waals surface area contributed by atoms with Gasteiger partial charge in [-0.15, -0.1) is 0 Å². The maximum Gasteiger partial charge on any atom is 0.231 e. The number of carbonyl (C=O) groups is 1. The highest BCUT2D eigenvalue weighted by Gasteiger charge is 2.27. The zero-order valence-electron chi connectivity index (χ0n) is 10.1. The summed E-state index contributed by atoms with van der Waals surface area (Å²) in [6.07, 6.45) is 5.14. The molecular formula is C12H19N3O2. The van der Waals surface area contributed by atoms with E-state index in [0.717, 1.165) is 31.4 Å². The maximum absolute atomic E-state index is 12.1. The number of aromatic nitrogens is 1. The van der Waals surface area contributed by atoms with E-state index in [2.05, 4.69) is 10.5 Å². The number of hydrogen-bond acceptors (Lipinski definition) is 4. The van der Waals surface area contributed by atoms with Crippen LogP contribution in [-0.2, 0) is 4.79 Å². The van der Waals surface area contributed by atoms with Crippen LogP contribution in [0.4, 0.5) is 5.88 Å². The van der Waals surface area contributed by atoms with Gasteiger partial charge in [-0.25, -0.2) is 0 Å². The van der Waals surface area contributed by atoms with Crippen molar-refractivity contribution in [3.05, 3.63) is 11.8 Å². The van der Waals surface area contributed by atoms with Gasteiger partial charge in [0.25, 0.3) is 0 Å². The fourth-order valence-corrected chi connectivity index (χ4v) is 2.30. The molecule has 3 N–H and O–H groups in total. The van der Waals surface area contributed by atoms with Crippen LogP contribution >= 0.6 is 0 Å². The highest BCUT2D eigenvalue weighted by atomic mass is 16.5. The molecule has 17 heavy (non-hydrogen) atoms. The number of nitrogens with zero attached hydrogens (tertiary/aromatic N) is 1. The summed E-state index contributed by atoms with van der Waals surface area (Å²) < 4.78 is 4.97. The second-order valence-electron chi connectivity index (χ2n) is 4.73. The van der Waals surface area contributed by atoms with E-state index in [1.165, 1.54) is 6.42 Å². The van der Waals surface area contributed by atoms with Crippen molar-refractivity contribution in [1.82, 2.24) is 5.16 Å². The Balaban J connectivity index is 1.98. The summed E-state index contributed by atoms with van der Waals surface area (Å²) >= 11 is 0. The smallest absolute Gasteiger partial charge is 0.231 e. The Labute approximate surface area is 101 Å². The van der Waals surface area contributed by atoms with E-state index >= 15 is 0 Å². The third-order valence-corrected chi connectivity index (χ3v) is 3.28. The number of nitrogens with one attached hydrogen (secondary N) is 1. The fourth-order valence-electron chi connectivity index (χ4n) is 2.30. The number of hydrogen-bond donors (Lipinski definition) is 2. The number of amides is 1. The van der Waals surface area contributed by atoms with E-state index in [9.17, 15) is 4.79 Å². The lowest BCUT2D eigenvalue weighted by Gasteiger charge is -2.19. The monoisotopic (exact) mass is 237 g/mol. The Hall–Kier alpha value is -1.36. The van der Waals surface area contributed by atoms with Gasteiger partial charge in [0.1, 0.15) is 0 Å². The zero-order chi connectivity index (χ0) is 12.3. The predicted molar refractivity (Wildman–Crippen MR) is 64.4 cm³/mol. The van der Waals surface area contributed by atoms with Crippen LogP contribution in [0.25, 0.3) is 0 Å². The average Bonchev–Trinajstić information content (AvgIpc) is 2.57. The third kappa shape index (κ3) is 3.06. The first-order valence-corrected chi connectivity index (χ1v) is 6.16. The quantitative estimate of drug-likeness (QED) is 0.769. The van der Waals surface area contributed by atoms with E-state index in [4.69, 9.17) is 10.3 Å². The summed E-state index contributed by atoms with van der Waals surface area (Å²) in [7, 11) is 0. The number of nitrogens with two attached hydrogens (primary N) is 1. The molecule has 94 valence electrons. The van der Waals surface area contributed by atoms with Gasteiger partial charge in [-0.1, -0.05) is 24.4 Å². The van der Waals surface area contributed by atoms with Crippen molar-refractivity contribution in [1.29, 1.82) is 0 Å². The molecule has 0 aliphatic heterocycles. The standard InChI is InChI=1S/C12H19N3O2/c1-8-7-11(17-15-8)14-12(16)9-5-3-2-4-6-10(9)13/h7,9-10H,2-6,13H2,1H3,(H,14,16). The van der Waals surface area contributed by atoms with E-state index in [-0.39, 0.29) is 17.9 Å². The van der Waals surface area contributed by atoms with Gasteiger partial charge >= 0.3 is 0 Å². The largest absolute Gasteiger partial charge is 0.338 e. The van der Waals surface area contributed by atoms with Crippen molar-refractivity contribution < 1.29 is 9.32 Å². The zero-order valence-corrected chi connectivity index (χ0v) is 10.1. The summed E-state index contributed by atoms with van der Waals surface area (Å²) in [5.41, 5.74) is 6.79. The summed E-state index contributed by atoms with van der Waals surface area (Å²) in [4.78, 5) is 12.1. The van der Waals surface area contributed by atoms with Crippen molar-refractivity contribution >= 4 is 11.8 Å². The van der Waals surface area contributed by atoms with Crippen LogP contribution in [0.5, 0.6) is 0 Å². The summed E-state index contributed by atoms with van der Waals surface area (Å²) in [6, 6.07) is 1.67. The lowest BCUT2D eigenvalue weighted by atomic mass is 9.95. The normalized spacial score (nSPS) is 25.3. The lowest BCUT2D eigenvalue weighted by molar-refractivity contribution is -0.120. The molecule has 1 amide bonds. The van der Waals surface area contributed by atoms with Crippen molar-refractivity contribution in [3.63, 3.8) is 0 Å². The molecule has 0 spiro atoms. The van der Waals surface area contributed by atoms with Gasteiger partial charge in [-0.05, 0) is 19.8 Å². The third-order valence-electron chi connectivity index (χ3n) is 3.28. The first-order chi connectivity index (χ1) is 8.16.